The van der Waals surface area contributed by atoms with Gasteiger partial charge in [0, 0.05) is 22.0 Å². The normalized spacial score (nSPS) is 15.9. The number of fused-ring (bicyclic) bond motifs is 1. The zero-order valence-electron chi connectivity index (χ0n) is 16.5. The lowest BCUT2D eigenvalue weighted by Crippen LogP contribution is -2.21. The van der Waals surface area contributed by atoms with Gasteiger partial charge in [-0.15, -0.1) is 0 Å². The van der Waals surface area contributed by atoms with E-state index >= 15 is 0 Å². The first-order valence-corrected chi connectivity index (χ1v) is 10.4. The molecule has 0 atom stereocenters. The van der Waals surface area contributed by atoms with E-state index in [1.165, 1.54) is 12.8 Å². The second-order valence-corrected chi connectivity index (χ2v) is 7.96. The molecular weight excluding hydrogens is 418 g/mol. The van der Waals surface area contributed by atoms with Crippen molar-refractivity contribution in [3.05, 3.63) is 68.4 Å². The number of nitrogens with zero attached hydrogens (tertiary/aromatic N) is 4. The molecule has 0 radical (unpaired) electrons. The Bertz CT molecular complexity index is 1430. The predicted octanol–water partition coefficient (Wildman–Crippen LogP) is 2.24. The summed E-state index contributed by atoms with van der Waals surface area (Å²) in [6, 6.07) is 9.49. The van der Waals surface area contributed by atoms with Crippen LogP contribution in [0.15, 0.2) is 46.3 Å². The predicted molar refractivity (Wildman–Crippen MR) is 117 cm³/mol. The molecule has 158 valence electrons. The number of imidazole rings is 1. The monoisotopic (exact) mass is 437 g/mol. The number of aromatic hydroxyl groups is 1. The molecule has 0 amide bonds. The molecule has 10 heteroatoms. The third kappa shape index (κ3) is 4.04. The number of nitrogens with one attached hydrogen (secondary N) is 3. The van der Waals surface area contributed by atoms with Crippen LogP contribution in [-0.4, -0.2) is 35.7 Å². The maximum Gasteiger partial charge on any atom is 0.326 e. The Morgan fingerprint density at radius 3 is 2.84 bits per heavy atom. The van der Waals surface area contributed by atoms with E-state index in [4.69, 9.17) is 21.6 Å². The van der Waals surface area contributed by atoms with Crippen molar-refractivity contribution in [2.45, 2.75) is 31.7 Å². The topological polar surface area (TPSA) is 123 Å². The van der Waals surface area contributed by atoms with Crippen LogP contribution in [-0.2, 0) is 0 Å². The van der Waals surface area contributed by atoms with Crippen molar-refractivity contribution >= 4 is 34.8 Å². The van der Waals surface area contributed by atoms with Crippen LogP contribution in [0.3, 0.4) is 0 Å². The standard InChI is InChI=1S/C21H20ClN7O2/c22-13-4-3-7-15(9-13)24-17-10-18(25-14-5-1-2-6-14)29-19(27-17)12(11-23-29)8-16-20(30)28-21(31)26-16/h3-4,7-11,14,24,30H,1-2,5-6H2,(H2,26,28,31)/b12-8-,25-18?. The molecule has 0 bridgehead atoms. The molecule has 3 aromatic heterocycles. The Kier molecular flexibility index (Phi) is 4.95. The van der Waals surface area contributed by atoms with Crippen molar-refractivity contribution in [3.8, 4) is 5.88 Å². The number of rotatable bonds is 4. The van der Waals surface area contributed by atoms with Gasteiger partial charge in [-0.2, -0.15) is 9.61 Å². The average Bonchev–Trinajstić information content (AvgIpc) is 3.44. The zero-order valence-corrected chi connectivity index (χ0v) is 17.2. The van der Waals surface area contributed by atoms with Gasteiger partial charge in [0.2, 0.25) is 5.88 Å². The molecule has 1 aromatic carbocycles. The number of halogens is 1. The fourth-order valence-electron chi connectivity index (χ4n) is 3.80. The van der Waals surface area contributed by atoms with Crippen molar-refractivity contribution in [1.29, 1.82) is 0 Å². The van der Waals surface area contributed by atoms with Crippen LogP contribution in [0.25, 0.3) is 11.7 Å². The smallest absolute Gasteiger partial charge is 0.326 e. The Morgan fingerprint density at radius 2 is 2.10 bits per heavy atom. The second-order valence-electron chi connectivity index (χ2n) is 7.52. The van der Waals surface area contributed by atoms with Gasteiger partial charge in [-0.3, -0.25) is 9.98 Å². The molecule has 0 saturated heterocycles. The van der Waals surface area contributed by atoms with Crippen LogP contribution < -0.4 is 21.7 Å². The first kappa shape index (κ1) is 19.4. The molecule has 1 aliphatic carbocycles. The lowest BCUT2D eigenvalue weighted by molar-refractivity contribution is 0.454. The van der Waals surface area contributed by atoms with E-state index in [9.17, 15) is 9.90 Å². The van der Waals surface area contributed by atoms with Crippen LogP contribution in [0.2, 0.25) is 5.02 Å². The Balaban J connectivity index is 1.68. The van der Waals surface area contributed by atoms with Crippen molar-refractivity contribution in [2.24, 2.45) is 4.99 Å². The first-order valence-electron chi connectivity index (χ1n) is 10.0. The number of hydrogen-bond acceptors (Lipinski definition) is 6. The summed E-state index contributed by atoms with van der Waals surface area (Å²) in [7, 11) is 0. The van der Waals surface area contributed by atoms with Gasteiger partial charge < -0.3 is 15.4 Å². The molecule has 4 N–H and O–H groups in total. The maximum absolute atomic E-state index is 11.5. The summed E-state index contributed by atoms with van der Waals surface area (Å²) < 4.78 is 1.68. The zero-order chi connectivity index (χ0) is 21.4. The summed E-state index contributed by atoms with van der Waals surface area (Å²) >= 11 is 6.11. The minimum atomic E-state index is -0.492. The molecule has 0 aliphatic heterocycles. The van der Waals surface area contributed by atoms with Crippen LogP contribution in [0.5, 0.6) is 5.88 Å². The first-order chi connectivity index (χ1) is 15.0. The summed E-state index contributed by atoms with van der Waals surface area (Å²) in [4.78, 5) is 25.9. The van der Waals surface area contributed by atoms with Crippen molar-refractivity contribution in [1.82, 2.24) is 24.6 Å². The minimum absolute atomic E-state index is 0.242. The lowest BCUT2D eigenvalue weighted by Gasteiger charge is -2.08. The average molecular weight is 438 g/mol. The molecule has 1 aliphatic rings. The minimum Gasteiger partial charge on any atom is -0.493 e. The molecule has 1 saturated carbocycles. The van der Waals surface area contributed by atoms with E-state index in [2.05, 4.69) is 20.4 Å². The molecule has 0 unspecified atom stereocenters. The van der Waals surface area contributed by atoms with Crippen LogP contribution >= 0.6 is 11.6 Å². The van der Waals surface area contributed by atoms with Gasteiger partial charge in [0.1, 0.15) is 11.5 Å². The second kappa shape index (κ2) is 7.92. The van der Waals surface area contributed by atoms with Crippen LogP contribution in [0, 0.1) is 0 Å². The highest BCUT2D eigenvalue weighted by Gasteiger charge is 2.15. The number of aromatic nitrogens is 5. The van der Waals surface area contributed by atoms with E-state index in [-0.39, 0.29) is 17.6 Å². The van der Waals surface area contributed by atoms with Gasteiger partial charge in [-0.1, -0.05) is 30.5 Å². The molecule has 4 aromatic rings. The van der Waals surface area contributed by atoms with Gasteiger partial charge >= 0.3 is 5.69 Å². The Labute approximate surface area is 181 Å². The third-order valence-electron chi connectivity index (χ3n) is 5.25. The number of H-pyrrole nitrogens is 2. The van der Waals surface area contributed by atoms with E-state index in [1.54, 1.807) is 22.9 Å². The summed E-state index contributed by atoms with van der Waals surface area (Å²) in [5.74, 6) is 0.349. The van der Waals surface area contributed by atoms with Gasteiger partial charge in [-0.25, -0.2) is 9.78 Å². The fraction of sp³-hybridized carbons (Fsp3) is 0.238. The van der Waals surface area contributed by atoms with E-state index < -0.39 is 5.69 Å². The summed E-state index contributed by atoms with van der Waals surface area (Å²) in [5.41, 5.74) is 1.80. The Hall–Kier alpha value is -3.59. The number of benzene rings is 1. The quantitative estimate of drug-likeness (QED) is 0.390. The third-order valence-corrected chi connectivity index (χ3v) is 5.49. The van der Waals surface area contributed by atoms with E-state index in [1.807, 2.05) is 24.3 Å². The van der Waals surface area contributed by atoms with Crippen LogP contribution in [0.1, 0.15) is 31.4 Å². The van der Waals surface area contributed by atoms with Crippen molar-refractivity contribution in [3.63, 3.8) is 0 Å². The number of hydrogen-bond donors (Lipinski definition) is 4. The molecule has 0 spiro atoms. The van der Waals surface area contributed by atoms with Gasteiger partial charge in [-0.05, 0) is 37.1 Å². The number of aromatic amines is 2. The number of anilines is 2. The largest absolute Gasteiger partial charge is 0.493 e. The fourth-order valence-corrected chi connectivity index (χ4v) is 3.99. The van der Waals surface area contributed by atoms with Crippen molar-refractivity contribution < 1.29 is 5.11 Å². The highest BCUT2D eigenvalue weighted by molar-refractivity contribution is 6.30. The summed E-state index contributed by atoms with van der Waals surface area (Å²) in [6.45, 7) is 0. The summed E-state index contributed by atoms with van der Waals surface area (Å²) in [5, 5.41) is 18.9. The van der Waals surface area contributed by atoms with E-state index in [0.717, 1.165) is 18.5 Å². The van der Waals surface area contributed by atoms with Crippen molar-refractivity contribution in [2.75, 3.05) is 5.32 Å². The van der Waals surface area contributed by atoms with E-state index in [0.29, 0.717) is 27.2 Å². The highest BCUT2D eigenvalue weighted by Crippen LogP contribution is 2.21. The highest BCUT2D eigenvalue weighted by atomic mass is 35.5. The Morgan fingerprint density at radius 1 is 1.26 bits per heavy atom. The van der Waals surface area contributed by atoms with Gasteiger partial charge in [0.05, 0.1) is 12.2 Å². The molecule has 31 heavy (non-hydrogen) atoms. The molecule has 5 rings (SSSR count). The SMILES string of the molecule is O=c1[nH]c(O)c(/C=c2/cnn3c(=NC4CCCC4)cc(Nc4cccc(Cl)c4)nc23)[nH]1. The molecule has 9 nitrogen and oxygen atoms in total. The maximum atomic E-state index is 11.5. The van der Waals surface area contributed by atoms with Gasteiger partial charge in [0.25, 0.3) is 0 Å². The lowest BCUT2D eigenvalue weighted by atomic mass is 10.3. The molecule has 3 heterocycles. The summed E-state index contributed by atoms with van der Waals surface area (Å²) in [6.07, 6.45) is 7.71. The van der Waals surface area contributed by atoms with Crippen LogP contribution in [0.4, 0.5) is 11.5 Å². The molecular formula is C21H20ClN7O2. The molecule has 1 fully saturated rings. The van der Waals surface area contributed by atoms with Gasteiger partial charge in [0.15, 0.2) is 11.1 Å².